The van der Waals surface area contributed by atoms with Gasteiger partial charge in [-0.1, -0.05) is 49.6 Å². The molecule has 0 spiro atoms. The molecular weight excluding hydrogens is 248 g/mol. The number of hydrogen-bond donors (Lipinski definition) is 1. The molecule has 2 N–H and O–H groups in total. The van der Waals surface area contributed by atoms with E-state index in [1.54, 1.807) is 0 Å². The molecule has 0 bridgehead atoms. The summed E-state index contributed by atoms with van der Waals surface area (Å²) in [4.78, 5) is 14.5. The van der Waals surface area contributed by atoms with E-state index in [1.807, 2.05) is 4.90 Å². The van der Waals surface area contributed by atoms with Crippen molar-refractivity contribution in [1.29, 1.82) is 0 Å². The topological polar surface area (TPSA) is 46.3 Å². The van der Waals surface area contributed by atoms with Gasteiger partial charge in [-0.25, -0.2) is 0 Å². The normalized spacial score (nSPS) is 15.9. The summed E-state index contributed by atoms with van der Waals surface area (Å²) in [5.41, 5.74) is 8.50. The van der Waals surface area contributed by atoms with Crippen LogP contribution in [0.2, 0.25) is 0 Å². The number of hydrogen-bond acceptors (Lipinski definition) is 2. The number of aryl methyl sites for hydroxylation is 1. The van der Waals surface area contributed by atoms with E-state index in [0.29, 0.717) is 12.6 Å². The van der Waals surface area contributed by atoms with Crippen LogP contribution in [0.15, 0.2) is 24.3 Å². The molecule has 1 amide bonds. The van der Waals surface area contributed by atoms with E-state index >= 15 is 0 Å². The number of nitrogens with two attached hydrogens (primary N) is 1. The Hall–Kier alpha value is -1.35. The molecule has 1 saturated carbocycles. The molecule has 1 atom stereocenters. The van der Waals surface area contributed by atoms with Crippen molar-refractivity contribution in [1.82, 2.24) is 4.90 Å². The van der Waals surface area contributed by atoms with Crippen LogP contribution >= 0.6 is 0 Å². The largest absolute Gasteiger partial charge is 0.334 e. The summed E-state index contributed by atoms with van der Waals surface area (Å²) in [6.07, 6.45) is 5.15. The average Bonchev–Trinajstić information content (AvgIpc) is 3.28. The molecule has 1 fully saturated rings. The maximum absolute atomic E-state index is 12.5. The number of unbranched alkanes of at least 4 members (excludes halogenated alkanes) is 1. The first-order valence-electron chi connectivity index (χ1n) is 7.73. The summed E-state index contributed by atoms with van der Waals surface area (Å²) in [7, 11) is 0. The molecule has 0 radical (unpaired) electrons. The first-order chi connectivity index (χ1) is 9.61. The first kappa shape index (κ1) is 15.0. The second-order valence-corrected chi connectivity index (χ2v) is 5.93. The van der Waals surface area contributed by atoms with Crippen LogP contribution in [0.3, 0.4) is 0 Å². The standard InChI is InChI=1S/C17H26N2O/c1-3-4-5-16(18)17(20)19(15-10-11-15)12-14-8-6-13(2)7-9-14/h6-9,15-16H,3-5,10-12,18H2,1-2H3/t16-/m0/s1. The van der Waals surface area contributed by atoms with Crippen LogP contribution in [0.5, 0.6) is 0 Å². The Morgan fingerprint density at radius 1 is 1.35 bits per heavy atom. The van der Waals surface area contributed by atoms with Crippen molar-refractivity contribution in [2.45, 2.75) is 64.6 Å². The Labute approximate surface area is 122 Å². The highest BCUT2D eigenvalue weighted by Gasteiger charge is 2.34. The van der Waals surface area contributed by atoms with Crippen molar-refractivity contribution in [3.05, 3.63) is 35.4 Å². The maximum atomic E-state index is 12.5. The van der Waals surface area contributed by atoms with Gasteiger partial charge in [-0.15, -0.1) is 0 Å². The predicted octanol–water partition coefficient (Wildman–Crippen LogP) is 3.00. The minimum absolute atomic E-state index is 0.126. The van der Waals surface area contributed by atoms with E-state index < -0.39 is 0 Å². The van der Waals surface area contributed by atoms with Gasteiger partial charge < -0.3 is 10.6 Å². The van der Waals surface area contributed by atoms with Gasteiger partial charge in [-0.3, -0.25) is 4.79 Å². The molecule has 0 unspecified atom stereocenters. The summed E-state index contributed by atoms with van der Waals surface area (Å²) < 4.78 is 0. The molecule has 1 aliphatic carbocycles. The lowest BCUT2D eigenvalue weighted by Gasteiger charge is -2.26. The molecule has 20 heavy (non-hydrogen) atoms. The van der Waals surface area contributed by atoms with Crippen LogP contribution in [0.4, 0.5) is 0 Å². The van der Waals surface area contributed by atoms with E-state index in [2.05, 4.69) is 38.1 Å². The zero-order chi connectivity index (χ0) is 14.5. The van der Waals surface area contributed by atoms with Crippen LogP contribution in [0.1, 0.15) is 50.2 Å². The Balaban J connectivity index is 1.99. The lowest BCUT2D eigenvalue weighted by molar-refractivity contribution is -0.134. The second-order valence-electron chi connectivity index (χ2n) is 5.93. The summed E-state index contributed by atoms with van der Waals surface area (Å²) in [6, 6.07) is 8.49. The van der Waals surface area contributed by atoms with Gasteiger partial charge in [0, 0.05) is 12.6 Å². The minimum Gasteiger partial charge on any atom is -0.334 e. The first-order valence-corrected chi connectivity index (χ1v) is 7.73. The van der Waals surface area contributed by atoms with E-state index in [4.69, 9.17) is 5.73 Å². The fourth-order valence-electron chi connectivity index (χ4n) is 2.42. The minimum atomic E-state index is -0.332. The third-order valence-corrected chi connectivity index (χ3v) is 3.93. The molecule has 0 aliphatic heterocycles. The molecule has 0 aromatic heterocycles. The van der Waals surface area contributed by atoms with Crippen LogP contribution in [-0.4, -0.2) is 22.9 Å². The molecular formula is C17H26N2O. The van der Waals surface area contributed by atoms with Crippen LogP contribution in [-0.2, 0) is 11.3 Å². The van der Waals surface area contributed by atoms with Crippen LogP contribution in [0, 0.1) is 6.92 Å². The quantitative estimate of drug-likeness (QED) is 0.831. The third kappa shape index (κ3) is 4.07. The number of benzene rings is 1. The van der Waals surface area contributed by atoms with Crippen LogP contribution < -0.4 is 5.73 Å². The zero-order valence-electron chi connectivity index (χ0n) is 12.6. The van der Waals surface area contributed by atoms with Gasteiger partial charge >= 0.3 is 0 Å². The van der Waals surface area contributed by atoms with Gasteiger partial charge in [0.05, 0.1) is 6.04 Å². The average molecular weight is 274 g/mol. The van der Waals surface area contributed by atoms with Gasteiger partial charge in [-0.05, 0) is 31.7 Å². The summed E-state index contributed by atoms with van der Waals surface area (Å²) in [6.45, 7) is 4.90. The SMILES string of the molecule is CCCC[C@H](N)C(=O)N(Cc1ccc(C)cc1)C1CC1. The summed E-state index contributed by atoms with van der Waals surface area (Å²) in [5, 5.41) is 0. The maximum Gasteiger partial charge on any atom is 0.240 e. The van der Waals surface area contributed by atoms with E-state index in [-0.39, 0.29) is 11.9 Å². The number of carbonyl (C=O) groups excluding carboxylic acids is 1. The number of amides is 1. The Morgan fingerprint density at radius 2 is 2.00 bits per heavy atom. The van der Waals surface area contributed by atoms with Crippen LogP contribution in [0.25, 0.3) is 0 Å². The van der Waals surface area contributed by atoms with E-state index in [1.165, 1.54) is 11.1 Å². The third-order valence-electron chi connectivity index (χ3n) is 3.93. The van der Waals surface area contributed by atoms with Gasteiger partial charge in [0.2, 0.25) is 5.91 Å². The zero-order valence-corrected chi connectivity index (χ0v) is 12.6. The Kier molecular flexibility index (Phi) is 5.18. The van der Waals surface area contributed by atoms with Crippen molar-refractivity contribution >= 4 is 5.91 Å². The Bertz CT molecular complexity index is 437. The summed E-state index contributed by atoms with van der Waals surface area (Å²) in [5.74, 6) is 0.126. The van der Waals surface area contributed by atoms with Crippen molar-refractivity contribution in [3.63, 3.8) is 0 Å². The summed E-state index contributed by atoms with van der Waals surface area (Å²) >= 11 is 0. The fourth-order valence-corrected chi connectivity index (χ4v) is 2.42. The molecule has 3 nitrogen and oxygen atoms in total. The lowest BCUT2D eigenvalue weighted by atomic mass is 10.1. The lowest BCUT2D eigenvalue weighted by Crippen LogP contribution is -2.44. The molecule has 1 aromatic rings. The fraction of sp³-hybridized carbons (Fsp3) is 0.588. The van der Waals surface area contributed by atoms with E-state index in [9.17, 15) is 4.79 Å². The van der Waals surface area contributed by atoms with Gasteiger partial charge in [-0.2, -0.15) is 0 Å². The number of nitrogens with zero attached hydrogens (tertiary/aromatic N) is 1. The predicted molar refractivity (Wildman–Crippen MR) is 82.3 cm³/mol. The van der Waals surface area contributed by atoms with Gasteiger partial charge in [0.1, 0.15) is 0 Å². The molecule has 1 aliphatic rings. The van der Waals surface area contributed by atoms with Crippen molar-refractivity contribution in [2.75, 3.05) is 0 Å². The smallest absolute Gasteiger partial charge is 0.240 e. The van der Waals surface area contributed by atoms with Gasteiger partial charge in [0.25, 0.3) is 0 Å². The second kappa shape index (κ2) is 6.89. The van der Waals surface area contributed by atoms with E-state index in [0.717, 1.165) is 32.1 Å². The highest BCUT2D eigenvalue weighted by Crippen LogP contribution is 2.29. The van der Waals surface area contributed by atoms with Crippen molar-refractivity contribution in [3.8, 4) is 0 Å². The molecule has 110 valence electrons. The monoisotopic (exact) mass is 274 g/mol. The molecule has 1 aromatic carbocycles. The molecule has 0 saturated heterocycles. The highest BCUT2D eigenvalue weighted by atomic mass is 16.2. The van der Waals surface area contributed by atoms with Crippen molar-refractivity contribution < 1.29 is 4.79 Å². The highest BCUT2D eigenvalue weighted by molar-refractivity contribution is 5.82. The molecule has 0 heterocycles. The molecule has 3 heteroatoms. The van der Waals surface area contributed by atoms with Gasteiger partial charge in [0.15, 0.2) is 0 Å². The number of carbonyl (C=O) groups is 1. The molecule has 2 rings (SSSR count). The number of rotatable bonds is 7. The van der Waals surface area contributed by atoms with Crippen molar-refractivity contribution in [2.24, 2.45) is 5.73 Å². The Morgan fingerprint density at radius 3 is 2.55 bits per heavy atom.